The maximum Gasteiger partial charge on any atom is 0.401 e. The van der Waals surface area contributed by atoms with Crippen LogP contribution < -0.4 is 5.32 Å². The highest BCUT2D eigenvalue weighted by Crippen LogP contribution is 2.21. The zero-order chi connectivity index (χ0) is 21.2. The first-order valence-electron chi connectivity index (χ1n) is 9.62. The molecule has 0 spiro atoms. The second kappa shape index (κ2) is 11.8. The van der Waals surface area contributed by atoms with Crippen LogP contribution in [0.2, 0.25) is 0 Å². The normalized spacial score (nSPS) is 18.9. The van der Waals surface area contributed by atoms with Gasteiger partial charge in [-0.05, 0) is 25.8 Å². The van der Waals surface area contributed by atoms with Crippen molar-refractivity contribution in [3.63, 3.8) is 0 Å². The Bertz CT molecular complexity index is 585. The lowest BCUT2D eigenvalue weighted by molar-refractivity contribution is -0.146. The Morgan fingerprint density at radius 3 is 2.61 bits per heavy atom. The van der Waals surface area contributed by atoms with E-state index < -0.39 is 22.6 Å². The fourth-order valence-corrected chi connectivity index (χ4v) is 3.47. The maximum absolute atomic E-state index is 12.6. The number of hydrogen-bond acceptors (Lipinski definition) is 5. The van der Waals surface area contributed by atoms with Crippen LogP contribution in [0.4, 0.5) is 13.2 Å². The summed E-state index contributed by atoms with van der Waals surface area (Å²) in [6.45, 7) is 6.55. The van der Waals surface area contributed by atoms with Gasteiger partial charge in [0, 0.05) is 32.4 Å². The number of sulfone groups is 1. The molecule has 1 aliphatic rings. The van der Waals surface area contributed by atoms with Crippen molar-refractivity contribution in [3.8, 4) is 0 Å². The average molecular weight is 431 g/mol. The zero-order valence-electron chi connectivity index (χ0n) is 17.0. The van der Waals surface area contributed by atoms with Gasteiger partial charge in [0.05, 0.1) is 32.1 Å². The first kappa shape index (κ1) is 25.0. The Hall–Kier alpha value is -1.07. The van der Waals surface area contributed by atoms with Crippen LogP contribution in [0.1, 0.15) is 20.3 Å². The summed E-state index contributed by atoms with van der Waals surface area (Å²) >= 11 is 0. The Labute approximate surface area is 166 Å². The summed E-state index contributed by atoms with van der Waals surface area (Å²) in [5, 5.41) is 3.20. The molecule has 1 saturated heterocycles. The van der Waals surface area contributed by atoms with Crippen molar-refractivity contribution < 1.29 is 26.3 Å². The first-order valence-corrected chi connectivity index (χ1v) is 11.7. The van der Waals surface area contributed by atoms with Crippen molar-refractivity contribution in [2.75, 3.05) is 71.0 Å². The fourth-order valence-electron chi connectivity index (χ4n) is 3.05. The second-order valence-corrected chi connectivity index (χ2v) is 9.28. The number of guanidine groups is 1. The van der Waals surface area contributed by atoms with Gasteiger partial charge in [-0.15, -0.1) is 0 Å². The van der Waals surface area contributed by atoms with Gasteiger partial charge < -0.3 is 15.0 Å². The summed E-state index contributed by atoms with van der Waals surface area (Å²) in [6, 6.07) is 0. The van der Waals surface area contributed by atoms with E-state index in [2.05, 4.69) is 15.2 Å². The third-order valence-corrected chi connectivity index (χ3v) is 5.29. The Morgan fingerprint density at radius 1 is 1.32 bits per heavy atom. The standard InChI is InChI=1S/C17H33F3N4O3S/c1-4-21-16(22-7-9-27-10-11-28(3,25)26)24-8-6-15(13-24)12-23(5-2)14-17(18,19)20/h15H,4-14H2,1-3H3,(H,21,22). The van der Waals surface area contributed by atoms with Gasteiger partial charge >= 0.3 is 6.18 Å². The molecule has 0 amide bonds. The van der Waals surface area contributed by atoms with Gasteiger partial charge in [-0.25, -0.2) is 8.42 Å². The third-order valence-electron chi connectivity index (χ3n) is 4.38. The van der Waals surface area contributed by atoms with Crippen molar-refractivity contribution >= 4 is 15.8 Å². The van der Waals surface area contributed by atoms with Gasteiger partial charge in [0.1, 0.15) is 9.84 Å². The molecule has 1 rings (SSSR count). The largest absolute Gasteiger partial charge is 0.401 e. The quantitative estimate of drug-likeness (QED) is 0.302. The monoisotopic (exact) mass is 430 g/mol. The minimum atomic E-state index is -4.18. The fraction of sp³-hybridized carbons (Fsp3) is 0.941. The van der Waals surface area contributed by atoms with Crippen LogP contribution in [0.3, 0.4) is 0 Å². The van der Waals surface area contributed by atoms with Gasteiger partial charge in [0.15, 0.2) is 5.96 Å². The predicted molar refractivity (Wildman–Crippen MR) is 104 cm³/mol. The molecule has 1 aliphatic heterocycles. The molecule has 166 valence electrons. The van der Waals surface area contributed by atoms with E-state index in [9.17, 15) is 21.6 Å². The van der Waals surface area contributed by atoms with Crippen LogP contribution in [-0.4, -0.2) is 101 Å². The number of halogens is 3. The third kappa shape index (κ3) is 11.1. The molecule has 1 fully saturated rings. The van der Waals surface area contributed by atoms with Gasteiger partial charge in [0.2, 0.25) is 0 Å². The predicted octanol–water partition coefficient (Wildman–Crippen LogP) is 1.22. The van der Waals surface area contributed by atoms with E-state index in [4.69, 9.17) is 4.74 Å². The summed E-state index contributed by atoms with van der Waals surface area (Å²) in [6.07, 6.45) is -2.19. The number of alkyl halides is 3. The minimum absolute atomic E-state index is 0.0174. The molecule has 1 atom stereocenters. The Balaban J connectivity index is 2.47. The van der Waals surface area contributed by atoms with Crippen molar-refractivity contribution in [2.45, 2.75) is 26.4 Å². The van der Waals surface area contributed by atoms with Gasteiger partial charge in [-0.1, -0.05) is 6.92 Å². The molecule has 11 heteroatoms. The highest BCUT2D eigenvalue weighted by Gasteiger charge is 2.32. The van der Waals surface area contributed by atoms with Crippen LogP contribution in [0.25, 0.3) is 0 Å². The minimum Gasteiger partial charge on any atom is -0.378 e. The molecule has 1 unspecified atom stereocenters. The molecule has 0 aromatic carbocycles. The lowest BCUT2D eigenvalue weighted by Crippen LogP contribution is -2.42. The summed E-state index contributed by atoms with van der Waals surface area (Å²) < 4.78 is 65.3. The summed E-state index contributed by atoms with van der Waals surface area (Å²) in [5.41, 5.74) is 0. The van der Waals surface area contributed by atoms with Crippen LogP contribution in [0.15, 0.2) is 4.99 Å². The van der Waals surface area contributed by atoms with Crippen LogP contribution in [-0.2, 0) is 14.6 Å². The highest BCUT2D eigenvalue weighted by molar-refractivity contribution is 7.90. The topological polar surface area (TPSA) is 74.2 Å². The number of rotatable bonds is 11. The van der Waals surface area contributed by atoms with Gasteiger partial charge in [0.25, 0.3) is 0 Å². The molecule has 0 aliphatic carbocycles. The van der Waals surface area contributed by atoms with E-state index in [1.165, 1.54) is 4.90 Å². The number of hydrogen-bond donors (Lipinski definition) is 1. The van der Waals surface area contributed by atoms with Crippen molar-refractivity contribution in [1.82, 2.24) is 15.1 Å². The highest BCUT2D eigenvalue weighted by atomic mass is 32.2. The molecule has 28 heavy (non-hydrogen) atoms. The maximum atomic E-state index is 12.6. The van der Waals surface area contributed by atoms with E-state index in [1.807, 2.05) is 6.92 Å². The van der Waals surface area contributed by atoms with E-state index in [1.54, 1.807) is 6.92 Å². The molecule has 0 saturated carbocycles. The van der Waals surface area contributed by atoms with Crippen molar-refractivity contribution in [2.24, 2.45) is 10.9 Å². The van der Waals surface area contributed by atoms with Gasteiger partial charge in [-0.3, -0.25) is 9.89 Å². The Morgan fingerprint density at radius 2 is 2.04 bits per heavy atom. The second-order valence-electron chi connectivity index (χ2n) is 7.02. The zero-order valence-corrected chi connectivity index (χ0v) is 17.8. The summed E-state index contributed by atoms with van der Waals surface area (Å²) in [7, 11) is -3.04. The van der Waals surface area contributed by atoms with Crippen LogP contribution in [0.5, 0.6) is 0 Å². The van der Waals surface area contributed by atoms with E-state index in [0.717, 1.165) is 25.2 Å². The molecule has 0 aromatic heterocycles. The van der Waals surface area contributed by atoms with Crippen LogP contribution >= 0.6 is 0 Å². The van der Waals surface area contributed by atoms with Crippen LogP contribution in [0, 0.1) is 5.92 Å². The molecule has 0 bridgehead atoms. The first-order chi connectivity index (χ1) is 13.0. The van der Waals surface area contributed by atoms with Crippen molar-refractivity contribution in [3.05, 3.63) is 0 Å². The molecule has 1 heterocycles. The van der Waals surface area contributed by atoms with Crippen molar-refractivity contribution in [1.29, 1.82) is 0 Å². The number of nitrogens with one attached hydrogen (secondary N) is 1. The molecular weight excluding hydrogens is 397 g/mol. The summed E-state index contributed by atoms with van der Waals surface area (Å²) in [4.78, 5) is 7.99. The number of nitrogens with zero attached hydrogens (tertiary/aromatic N) is 3. The lowest BCUT2D eigenvalue weighted by Gasteiger charge is -2.26. The number of aliphatic imine (C=N–C) groups is 1. The number of ether oxygens (including phenoxy) is 1. The summed E-state index contributed by atoms with van der Waals surface area (Å²) in [5.74, 6) is 0.865. The van der Waals surface area contributed by atoms with E-state index >= 15 is 0 Å². The SMILES string of the molecule is CCNC(=NCCOCCS(C)(=O)=O)N1CCC(CN(CC)CC(F)(F)F)C1. The molecule has 0 radical (unpaired) electrons. The van der Waals surface area contributed by atoms with E-state index in [0.29, 0.717) is 39.3 Å². The molecule has 1 N–H and O–H groups in total. The lowest BCUT2D eigenvalue weighted by atomic mass is 10.1. The smallest absolute Gasteiger partial charge is 0.378 e. The van der Waals surface area contributed by atoms with Gasteiger partial charge in [-0.2, -0.15) is 13.2 Å². The Kier molecular flexibility index (Phi) is 10.5. The van der Waals surface area contributed by atoms with E-state index in [-0.39, 0.29) is 18.3 Å². The number of likely N-dealkylation sites (tertiary alicyclic amines) is 1. The molecule has 7 nitrogen and oxygen atoms in total. The molecular formula is C17H33F3N4O3S. The average Bonchev–Trinajstić information content (AvgIpc) is 3.02. The molecule has 0 aromatic rings.